The molecule has 2 rings (SSSR count). The fourth-order valence-electron chi connectivity index (χ4n) is 3.25. The van der Waals surface area contributed by atoms with E-state index < -0.39 is 55.2 Å². The summed E-state index contributed by atoms with van der Waals surface area (Å²) < 4.78 is 33.0. The average Bonchev–Trinajstić information content (AvgIpc) is 2.73. The summed E-state index contributed by atoms with van der Waals surface area (Å²) in [6.07, 6.45) is 1.73. The molecule has 1 heterocycles. The van der Waals surface area contributed by atoms with E-state index in [1.165, 1.54) is 31.2 Å². The summed E-state index contributed by atoms with van der Waals surface area (Å²) in [6, 6.07) is 2.47. The molecule has 0 radical (unpaired) electrons. The number of para-hydroxylation sites is 1. The highest BCUT2D eigenvalue weighted by molar-refractivity contribution is 7.89. The molecule has 0 fully saturated rings. The van der Waals surface area contributed by atoms with Gasteiger partial charge in [-0.25, -0.2) is 13.2 Å². The van der Waals surface area contributed by atoms with Crippen molar-refractivity contribution in [2.75, 3.05) is 13.2 Å². The van der Waals surface area contributed by atoms with E-state index in [1.54, 1.807) is 20.8 Å². The van der Waals surface area contributed by atoms with Crippen molar-refractivity contribution in [1.82, 2.24) is 9.37 Å². The van der Waals surface area contributed by atoms with Crippen LogP contribution >= 0.6 is 0 Å². The molecule has 12 nitrogen and oxygen atoms in total. The minimum atomic E-state index is -4.62. The molecule has 2 amide bonds. The second kappa shape index (κ2) is 10.3. The molecule has 13 heteroatoms. The third kappa shape index (κ3) is 5.98. The summed E-state index contributed by atoms with van der Waals surface area (Å²) in [5, 5.41) is 11.5. The summed E-state index contributed by atoms with van der Waals surface area (Å²) in [7, 11) is -4.62. The van der Waals surface area contributed by atoms with Gasteiger partial charge in [-0.1, -0.05) is 34.3 Å². The number of nitrogens with zero attached hydrogens (tertiary/aromatic N) is 3. The van der Waals surface area contributed by atoms with Crippen molar-refractivity contribution in [3.05, 3.63) is 58.7 Å². The Bertz CT molecular complexity index is 1110. The second-order valence-electron chi connectivity index (χ2n) is 8.48. The molecule has 0 aliphatic carbocycles. The fraction of sp³-hybridized carbons (Fsp3) is 0.429. The number of carbonyl (C=O) groups is 2. The predicted octanol–water partition coefficient (Wildman–Crippen LogP) is 2.12. The van der Waals surface area contributed by atoms with Crippen LogP contribution in [0.4, 0.5) is 10.5 Å². The quantitative estimate of drug-likeness (QED) is 0.325. The van der Waals surface area contributed by atoms with Crippen LogP contribution in [-0.2, 0) is 24.4 Å². The van der Waals surface area contributed by atoms with Gasteiger partial charge in [-0.2, -0.15) is 0 Å². The molecule has 2 N–H and O–H groups in total. The molecule has 2 atom stereocenters. The van der Waals surface area contributed by atoms with E-state index in [1.807, 2.05) is 0 Å². The number of carbonyl (C=O) groups excluding carboxylic acids is 2. The Morgan fingerprint density at radius 3 is 2.50 bits per heavy atom. The molecule has 186 valence electrons. The van der Waals surface area contributed by atoms with Crippen LogP contribution in [0.5, 0.6) is 0 Å². The van der Waals surface area contributed by atoms with Crippen LogP contribution in [0.15, 0.2) is 53.5 Å². The summed E-state index contributed by atoms with van der Waals surface area (Å²) in [4.78, 5) is 41.4. The van der Waals surface area contributed by atoms with Crippen LogP contribution in [0.2, 0.25) is 0 Å². The van der Waals surface area contributed by atoms with Gasteiger partial charge in [-0.15, -0.1) is 6.58 Å². The zero-order valence-electron chi connectivity index (χ0n) is 19.3. The van der Waals surface area contributed by atoms with Crippen molar-refractivity contribution in [1.29, 1.82) is 0 Å². The standard InChI is InChI=1S/C21H28N4O8S/c1-6-11-32-25(34(30,31)18-10-8-7-9-15(18)24(28)29)17-13-23(20(27)33-21(3,4)5)16(19(22)26)12-14(17)2/h6-10,12,16-17H,1,11,13H2,2-5H3,(H2,22,26)/t16-,17-/m0/s1. The van der Waals surface area contributed by atoms with E-state index in [0.717, 1.165) is 17.0 Å². The van der Waals surface area contributed by atoms with Crippen LogP contribution in [-0.4, -0.2) is 65.5 Å². The molecule has 0 bridgehead atoms. The molecule has 1 aliphatic heterocycles. The number of hydrogen-bond acceptors (Lipinski definition) is 8. The lowest BCUT2D eigenvalue weighted by atomic mass is 9.99. The number of nitro benzene ring substituents is 1. The van der Waals surface area contributed by atoms with Crippen LogP contribution in [0, 0.1) is 10.1 Å². The van der Waals surface area contributed by atoms with Gasteiger partial charge in [0.05, 0.1) is 17.6 Å². The Morgan fingerprint density at radius 1 is 1.35 bits per heavy atom. The van der Waals surface area contributed by atoms with E-state index >= 15 is 0 Å². The van der Waals surface area contributed by atoms with Gasteiger partial charge < -0.3 is 10.5 Å². The van der Waals surface area contributed by atoms with Gasteiger partial charge in [0.1, 0.15) is 11.6 Å². The lowest BCUT2D eigenvalue weighted by Crippen LogP contribution is -2.58. The van der Waals surface area contributed by atoms with Gasteiger partial charge in [0.25, 0.3) is 15.7 Å². The van der Waals surface area contributed by atoms with Crippen molar-refractivity contribution in [3.8, 4) is 0 Å². The summed E-state index contributed by atoms with van der Waals surface area (Å²) >= 11 is 0. The van der Waals surface area contributed by atoms with Gasteiger partial charge >= 0.3 is 6.09 Å². The van der Waals surface area contributed by atoms with Crippen LogP contribution < -0.4 is 5.73 Å². The maximum absolute atomic E-state index is 13.5. The third-order valence-electron chi connectivity index (χ3n) is 4.72. The third-order valence-corrected chi connectivity index (χ3v) is 6.46. The second-order valence-corrected chi connectivity index (χ2v) is 10.2. The molecule has 1 aliphatic rings. The van der Waals surface area contributed by atoms with Gasteiger partial charge in [0.2, 0.25) is 5.91 Å². The Hall–Kier alpha value is -3.29. The van der Waals surface area contributed by atoms with Gasteiger partial charge in [-0.3, -0.25) is 24.6 Å². The fourth-order valence-corrected chi connectivity index (χ4v) is 4.87. The van der Waals surface area contributed by atoms with Gasteiger partial charge in [-0.05, 0) is 33.8 Å². The number of benzene rings is 1. The molecule has 0 saturated carbocycles. The van der Waals surface area contributed by atoms with Crippen molar-refractivity contribution < 1.29 is 32.5 Å². The monoisotopic (exact) mass is 496 g/mol. The van der Waals surface area contributed by atoms with Crippen LogP contribution in [0.1, 0.15) is 27.7 Å². The molecule has 34 heavy (non-hydrogen) atoms. The topological polar surface area (TPSA) is 162 Å². The number of hydrogen-bond donors (Lipinski definition) is 1. The maximum atomic E-state index is 13.5. The Labute approximate surface area is 197 Å². The highest BCUT2D eigenvalue weighted by atomic mass is 32.2. The molecular weight excluding hydrogens is 468 g/mol. The number of rotatable bonds is 8. The van der Waals surface area contributed by atoms with Crippen molar-refractivity contribution >= 4 is 27.7 Å². The van der Waals surface area contributed by atoms with Crippen molar-refractivity contribution in [3.63, 3.8) is 0 Å². The molecule has 0 spiro atoms. The maximum Gasteiger partial charge on any atom is 0.411 e. The summed E-state index contributed by atoms with van der Waals surface area (Å²) in [5.41, 5.74) is 4.26. The highest BCUT2D eigenvalue weighted by Crippen LogP contribution is 2.32. The van der Waals surface area contributed by atoms with E-state index in [2.05, 4.69) is 6.58 Å². The Balaban J connectivity index is 2.60. The minimum absolute atomic E-state index is 0.255. The molecule has 0 aromatic heterocycles. The first kappa shape index (κ1) is 27.0. The van der Waals surface area contributed by atoms with Gasteiger partial charge in [0.15, 0.2) is 4.90 Å². The predicted molar refractivity (Wildman–Crippen MR) is 122 cm³/mol. The number of nitrogens with two attached hydrogens (primary N) is 1. The molecule has 0 unspecified atom stereocenters. The van der Waals surface area contributed by atoms with E-state index in [9.17, 15) is 28.1 Å². The lowest BCUT2D eigenvalue weighted by molar-refractivity contribution is -0.388. The van der Waals surface area contributed by atoms with E-state index in [0.29, 0.717) is 10.0 Å². The zero-order valence-corrected chi connectivity index (χ0v) is 20.1. The van der Waals surface area contributed by atoms with Crippen LogP contribution in [0.25, 0.3) is 0 Å². The molecule has 1 aromatic carbocycles. The first-order valence-corrected chi connectivity index (χ1v) is 11.6. The average molecular weight is 497 g/mol. The molecular formula is C21H28N4O8S. The summed E-state index contributed by atoms with van der Waals surface area (Å²) in [6.45, 7) is 9.31. The smallest absolute Gasteiger partial charge is 0.411 e. The molecule has 0 saturated heterocycles. The van der Waals surface area contributed by atoms with E-state index in [-0.39, 0.29) is 13.2 Å². The zero-order chi connectivity index (χ0) is 25.8. The Kier molecular flexibility index (Phi) is 8.18. The minimum Gasteiger partial charge on any atom is -0.444 e. The van der Waals surface area contributed by atoms with Crippen molar-refractivity contribution in [2.24, 2.45) is 5.73 Å². The van der Waals surface area contributed by atoms with Gasteiger partial charge in [0, 0.05) is 12.6 Å². The number of sulfonamides is 1. The number of nitro groups is 1. The van der Waals surface area contributed by atoms with Crippen molar-refractivity contribution in [2.45, 2.75) is 50.3 Å². The normalized spacial score (nSPS) is 18.9. The number of hydroxylamine groups is 1. The number of primary amides is 1. The summed E-state index contributed by atoms with van der Waals surface area (Å²) in [5.74, 6) is -0.844. The molecule has 1 aromatic rings. The van der Waals surface area contributed by atoms with E-state index in [4.69, 9.17) is 15.3 Å². The SMILES string of the molecule is C=CCON([C@H]1CN(C(=O)OC(C)(C)C)[C@H](C(N)=O)C=C1C)S(=O)(=O)c1ccccc1[N+](=O)[O-]. The Morgan fingerprint density at radius 2 is 1.97 bits per heavy atom. The first-order chi connectivity index (χ1) is 15.7. The number of ether oxygens (including phenoxy) is 1. The first-order valence-electron chi connectivity index (χ1n) is 10.2. The highest BCUT2D eigenvalue weighted by Gasteiger charge is 2.44. The van der Waals surface area contributed by atoms with Crippen LogP contribution in [0.3, 0.4) is 0 Å². The lowest BCUT2D eigenvalue weighted by Gasteiger charge is -2.40. The largest absolute Gasteiger partial charge is 0.444 e. The number of amides is 2.